The van der Waals surface area contributed by atoms with Crippen LogP contribution in [0.2, 0.25) is 5.15 Å². The third-order valence-corrected chi connectivity index (χ3v) is 4.74. The molecule has 1 rings (SSSR count). The smallest absolute Gasteiger partial charge is 0.129 e. The minimum absolute atomic E-state index is 0.441. The zero-order valence-corrected chi connectivity index (χ0v) is 18.9. The van der Waals surface area contributed by atoms with E-state index in [9.17, 15) is 0 Å². The van der Waals surface area contributed by atoms with Crippen molar-refractivity contribution in [1.29, 1.82) is 0 Å². The van der Waals surface area contributed by atoms with E-state index in [0.717, 1.165) is 53.8 Å². The molecule has 152 valence electrons. The molecule has 0 aliphatic rings. The van der Waals surface area contributed by atoms with Gasteiger partial charge in [0.1, 0.15) is 5.15 Å². The van der Waals surface area contributed by atoms with Crippen LogP contribution in [0.15, 0.2) is 52.2 Å². The second-order valence-corrected chi connectivity index (χ2v) is 7.42. The quantitative estimate of drug-likeness (QED) is 0.131. The molecule has 0 amide bonds. The van der Waals surface area contributed by atoms with Crippen LogP contribution in [0.3, 0.4) is 0 Å². The lowest BCUT2D eigenvalue weighted by atomic mass is 9.96. The van der Waals surface area contributed by atoms with Crippen molar-refractivity contribution in [3.05, 3.63) is 58.4 Å². The third-order valence-electron chi connectivity index (χ3n) is 4.53. The molecule has 1 heterocycles. The molecule has 3 nitrogen and oxygen atoms in total. The SMILES string of the molecule is C/C=C(\C=C/C(C)=N/N=C\C(C)CC)C(=C/CCCC)/c1nc(Cl)ccc1C. The number of halogens is 1. The van der Waals surface area contributed by atoms with Gasteiger partial charge in [-0.1, -0.05) is 69.5 Å². The molecule has 28 heavy (non-hydrogen) atoms. The highest BCUT2D eigenvalue weighted by atomic mass is 35.5. The molecule has 0 saturated carbocycles. The van der Waals surface area contributed by atoms with E-state index in [1.807, 2.05) is 38.3 Å². The maximum Gasteiger partial charge on any atom is 0.129 e. The van der Waals surface area contributed by atoms with Gasteiger partial charge < -0.3 is 0 Å². The van der Waals surface area contributed by atoms with E-state index < -0.39 is 0 Å². The van der Waals surface area contributed by atoms with Crippen LogP contribution in [0.5, 0.6) is 0 Å². The summed E-state index contributed by atoms with van der Waals surface area (Å²) in [5, 5.41) is 8.97. The highest BCUT2D eigenvalue weighted by Crippen LogP contribution is 2.27. The molecular formula is C24H34ClN3. The Morgan fingerprint density at radius 1 is 1.25 bits per heavy atom. The summed E-state index contributed by atoms with van der Waals surface area (Å²) >= 11 is 6.18. The lowest BCUT2D eigenvalue weighted by Gasteiger charge is -2.12. The number of rotatable bonds is 10. The standard InChI is InChI=1S/C24H34ClN3/c1-7-10-11-12-22(24-19(5)13-16-23(25)27-24)21(9-3)15-14-20(6)28-26-17-18(4)8-2/h9,12-18H,7-8,10-11H2,1-6H3/b15-14-,21-9+,22-12-,26-17-,28-20+. The van der Waals surface area contributed by atoms with Gasteiger partial charge in [0.05, 0.1) is 11.4 Å². The van der Waals surface area contributed by atoms with Gasteiger partial charge in [-0.3, -0.25) is 0 Å². The molecule has 1 aromatic rings. The molecule has 0 spiro atoms. The van der Waals surface area contributed by atoms with E-state index in [-0.39, 0.29) is 0 Å². The largest absolute Gasteiger partial charge is 0.236 e. The zero-order chi connectivity index (χ0) is 20.9. The van der Waals surface area contributed by atoms with Gasteiger partial charge in [-0.05, 0) is 62.8 Å². The van der Waals surface area contributed by atoms with E-state index in [4.69, 9.17) is 11.6 Å². The molecule has 0 aliphatic carbocycles. The summed E-state index contributed by atoms with van der Waals surface area (Å²) in [6.45, 7) is 12.5. The molecular weight excluding hydrogens is 366 g/mol. The molecule has 0 aliphatic heterocycles. The first-order chi connectivity index (χ1) is 13.4. The summed E-state index contributed by atoms with van der Waals surface area (Å²) in [7, 11) is 0. The van der Waals surface area contributed by atoms with Crippen molar-refractivity contribution in [2.45, 2.75) is 67.2 Å². The van der Waals surface area contributed by atoms with E-state index in [1.54, 1.807) is 0 Å². The topological polar surface area (TPSA) is 37.6 Å². The second-order valence-electron chi connectivity index (χ2n) is 7.03. The van der Waals surface area contributed by atoms with Gasteiger partial charge in [-0.15, -0.1) is 0 Å². The molecule has 0 bridgehead atoms. The lowest BCUT2D eigenvalue weighted by Crippen LogP contribution is -1.97. The Balaban J connectivity index is 3.17. The number of aromatic nitrogens is 1. The van der Waals surface area contributed by atoms with Crippen molar-refractivity contribution in [2.24, 2.45) is 16.1 Å². The molecule has 1 aromatic heterocycles. The number of unbranched alkanes of at least 4 members (excludes halogenated alkanes) is 2. The van der Waals surface area contributed by atoms with E-state index in [1.165, 1.54) is 0 Å². The Morgan fingerprint density at radius 2 is 2.00 bits per heavy atom. The van der Waals surface area contributed by atoms with Crippen LogP contribution < -0.4 is 0 Å². The van der Waals surface area contributed by atoms with Gasteiger partial charge in [0.25, 0.3) is 0 Å². The summed E-state index contributed by atoms with van der Waals surface area (Å²) < 4.78 is 0. The normalized spacial score (nSPS) is 15.0. The van der Waals surface area contributed by atoms with Gasteiger partial charge in [0.2, 0.25) is 0 Å². The Morgan fingerprint density at radius 3 is 2.64 bits per heavy atom. The highest BCUT2D eigenvalue weighted by Gasteiger charge is 2.11. The van der Waals surface area contributed by atoms with Gasteiger partial charge >= 0.3 is 0 Å². The summed E-state index contributed by atoms with van der Waals surface area (Å²) in [6.07, 6.45) is 14.7. The second kappa shape index (κ2) is 13.2. The van der Waals surface area contributed by atoms with Gasteiger partial charge in [0, 0.05) is 11.8 Å². The van der Waals surface area contributed by atoms with Gasteiger partial charge in [-0.2, -0.15) is 10.2 Å². The predicted molar refractivity (Wildman–Crippen MR) is 125 cm³/mol. The first-order valence-electron chi connectivity index (χ1n) is 10.2. The molecule has 0 aromatic carbocycles. The predicted octanol–water partition coefficient (Wildman–Crippen LogP) is 7.61. The molecule has 0 saturated heterocycles. The fraction of sp³-hybridized carbons (Fsp3) is 0.458. The Bertz CT molecular complexity index is 770. The summed E-state index contributed by atoms with van der Waals surface area (Å²) in [5.74, 6) is 0.441. The minimum Gasteiger partial charge on any atom is -0.236 e. The number of hydrogen-bond acceptors (Lipinski definition) is 3. The third kappa shape index (κ3) is 8.35. The van der Waals surface area contributed by atoms with Crippen molar-refractivity contribution < 1.29 is 0 Å². The molecule has 0 fully saturated rings. The van der Waals surface area contributed by atoms with E-state index in [0.29, 0.717) is 11.1 Å². The number of aryl methyl sites for hydroxylation is 1. The lowest BCUT2D eigenvalue weighted by molar-refractivity contribution is 0.751. The molecule has 0 radical (unpaired) electrons. The summed E-state index contributed by atoms with van der Waals surface area (Å²) in [5.41, 5.74) is 5.13. The summed E-state index contributed by atoms with van der Waals surface area (Å²) in [4.78, 5) is 4.59. The van der Waals surface area contributed by atoms with Gasteiger partial charge in [0.15, 0.2) is 0 Å². The average molecular weight is 400 g/mol. The minimum atomic E-state index is 0.441. The van der Waals surface area contributed by atoms with Crippen LogP contribution >= 0.6 is 11.6 Å². The number of allylic oxidation sites excluding steroid dienone is 6. The molecule has 4 heteroatoms. The number of pyridine rings is 1. The van der Waals surface area contributed by atoms with Crippen molar-refractivity contribution in [3.63, 3.8) is 0 Å². The zero-order valence-electron chi connectivity index (χ0n) is 18.2. The first kappa shape index (κ1) is 24.0. The average Bonchev–Trinajstić information content (AvgIpc) is 2.68. The molecule has 1 atom stereocenters. The van der Waals surface area contributed by atoms with Crippen molar-refractivity contribution >= 4 is 29.1 Å². The van der Waals surface area contributed by atoms with Crippen molar-refractivity contribution in [1.82, 2.24) is 4.98 Å². The Kier molecular flexibility index (Phi) is 11.4. The van der Waals surface area contributed by atoms with Crippen molar-refractivity contribution in [2.75, 3.05) is 0 Å². The van der Waals surface area contributed by atoms with Gasteiger partial charge in [-0.25, -0.2) is 4.98 Å². The maximum absolute atomic E-state index is 6.18. The number of hydrogen-bond donors (Lipinski definition) is 0. The van der Waals surface area contributed by atoms with Crippen LogP contribution in [-0.4, -0.2) is 16.9 Å². The molecule has 1 unspecified atom stereocenters. The Labute approximate surface area is 176 Å². The van der Waals surface area contributed by atoms with E-state index in [2.05, 4.69) is 61.1 Å². The summed E-state index contributed by atoms with van der Waals surface area (Å²) in [6, 6.07) is 3.85. The van der Waals surface area contributed by atoms with E-state index >= 15 is 0 Å². The maximum atomic E-state index is 6.18. The fourth-order valence-electron chi connectivity index (χ4n) is 2.51. The van der Waals surface area contributed by atoms with Crippen LogP contribution in [0.4, 0.5) is 0 Å². The molecule has 0 N–H and O–H groups in total. The van der Waals surface area contributed by atoms with Crippen LogP contribution in [-0.2, 0) is 0 Å². The Hall–Kier alpha value is -2.00. The van der Waals surface area contributed by atoms with Crippen LogP contribution in [0, 0.1) is 12.8 Å². The monoisotopic (exact) mass is 399 g/mol. The number of nitrogens with zero attached hydrogens (tertiary/aromatic N) is 3. The van der Waals surface area contributed by atoms with Crippen LogP contribution in [0.25, 0.3) is 5.57 Å². The van der Waals surface area contributed by atoms with Crippen molar-refractivity contribution in [3.8, 4) is 0 Å². The fourth-order valence-corrected chi connectivity index (χ4v) is 2.66. The first-order valence-corrected chi connectivity index (χ1v) is 10.6. The highest BCUT2D eigenvalue weighted by molar-refractivity contribution is 6.29. The van der Waals surface area contributed by atoms with Crippen LogP contribution in [0.1, 0.15) is 71.6 Å².